The minimum absolute atomic E-state index is 0.605. The number of rotatable bonds is 5. The molecule has 24 heavy (non-hydrogen) atoms. The number of likely N-dealkylation sites (N-methyl/N-ethyl adjacent to an activating group) is 1. The Balaban J connectivity index is 1.59. The van der Waals surface area contributed by atoms with Gasteiger partial charge in [-0.15, -0.1) is 0 Å². The second-order valence-electron chi connectivity index (χ2n) is 6.75. The topological polar surface area (TPSA) is 28.3 Å². The van der Waals surface area contributed by atoms with Crippen molar-refractivity contribution in [1.29, 1.82) is 0 Å². The predicted molar refractivity (Wildman–Crippen MR) is 98.4 cm³/mol. The van der Waals surface area contributed by atoms with Crippen LogP contribution in [0.3, 0.4) is 0 Å². The summed E-state index contributed by atoms with van der Waals surface area (Å²) in [6.45, 7) is 1.82. The van der Waals surface area contributed by atoms with Gasteiger partial charge in [0.1, 0.15) is 12.4 Å². The van der Waals surface area contributed by atoms with Crippen LogP contribution in [0.15, 0.2) is 54.7 Å². The fourth-order valence-corrected chi connectivity index (χ4v) is 3.73. The lowest BCUT2D eigenvalue weighted by atomic mass is 10.0. The molecule has 0 spiro atoms. The van der Waals surface area contributed by atoms with Crippen molar-refractivity contribution in [3.63, 3.8) is 0 Å². The Bertz CT molecular complexity index is 809. The standard InChI is InChI=1S/C21H24N2O/c1-23-12-6-9-18(23)13-17-14-22-19-10-5-11-20(21(17)19)24-15-16-7-3-2-4-8-16/h2-5,7-8,10-11,14,18,22H,6,9,12-13,15H2,1H3/t18-/m0/s1. The molecule has 0 unspecified atom stereocenters. The zero-order chi connectivity index (χ0) is 16.4. The van der Waals surface area contributed by atoms with Crippen molar-refractivity contribution in [2.24, 2.45) is 0 Å². The molecule has 0 amide bonds. The molecule has 0 saturated carbocycles. The molecule has 4 rings (SSSR count). The zero-order valence-electron chi connectivity index (χ0n) is 14.2. The highest BCUT2D eigenvalue weighted by molar-refractivity contribution is 5.89. The number of fused-ring (bicyclic) bond motifs is 1. The molecule has 3 nitrogen and oxygen atoms in total. The van der Waals surface area contributed by atoms with Gasteiger partial charge in [0.25, 0.3) is 0 Å². The minimum atomic E-state index is 0.605. The van der Waals surface area contributed by atoms with Crippen molar-refractivity contribution >= 4 is 10.9 Å². The van der Waals surface area contributed by atoms with Gasteiger partial charge in [0, 0.05) is 23.1 Å². The highest BCUT2D eigenvalue weighted by Gasteiger charge is 2.22. The van der Waals surface area contributed by atoms with E-state index in [1.165, 1.54) is 35.9 Å². The van der Waals surface area contributed by atoms with Crippen molar-refractivity contribution in [3.8, 4) is 5.75 Å². The van der Waals surface area contributed by atoms with Gasteiger partial charge in [0.15, 0.2) is 0 Å². The average Bonchev–Trinajstić information content (AvgIpc) is 3.21. The molecular formula is C21H24N2O. The van der Waals surface area contributed by atoms with Crippen LogP contribution in [0, 0.1) is 0 Å². The number of hydrogen-bond donors (Lipinski definition) is 1. The summed E-state index contributed by atoms with van der Waals surface area (Å²) in [6.07, 6.45) is 5.84. The number of aromatic nitrogens is 1. The molecule has 1 saturated heterocycles. The summed E-state index contributed by atoms with van der Waals surface area (Å²) in [6, 6.07) is 17.3. The maximum absolute atomic E-state index is 6.16. The van der Waals surface area contributed by atoms with Crippen LogP contribution in [0.4, 0.5) is 0 Å². The minimum Gasteiger partial charge on any atom is -0.488 e. The van der Waals surface area contributed by atoms with Crippen molar-refractivity contribution in [1.82, 2.24) is 9.88 Å². The Morgan fingerprint density at radius 3 is 2.79 bits per heavy atom. The second-order valence-corrected chi connectivity index (χ2v) is 6.75. The van der Waals surface area contributed by atoms with E-state index in [2.05, 4.69) is 65.6 Å². The Morgan fingerprint density at radius 2 is 2.00 bits per heavy atom. The number of H-pyrrole nitrogens is 1. The molecule has 2 heterocycles. The third-order valence-corrected chi connectivity index (χ3v) is 5.11. The third-order valence-electron chi connectivity index (χ3n) is 5.11. The maximum atomic E-state index is 6.16. The fourth-order valence-electron chi connectivity index (χ4n) is 3.73. The second kappa shape index (κ2) is 6.70. The molecule has 0 aliphatic carbocycles. The number of ether oxygens (including phenoxy) is 1. The van der Waals surface area contributed by atoms with Crippen LogP contribution in [0.1, 0.15) is 24.0 Å². The van der Waals surface area contributed by atoms with Crippen LogP contribution in [0.2, 0.25) is 0 Å². The van der Waals surface area contributed by atoms with Crippen molar-refractivity contribution in [3.05, 3.63) is 65.9 Å². The largest absolute Gasteiger partial charge is 0.488 e. The normalized spacial score (nSPS) is 18.3. The number of nitrogens with zero attached hydrogens (tertiary/aromatic N) is 1. The summed E-state index contributed by atoms with van der Waals surface area (Å²) in [5, 5.41) is 1.24. The molecule has 1 fully saturated rings. The van der Waals surface area contributed by atoms with Gasteiger partial charge in [-0.25, -0.2) is 0 Å². The molecule has 1 N–H and O–H groups in total. The number of likely N-dealkylation sites (tertiary alicyclic amines) is 1. The Morgan fingerprint density at radius 1 is 1.12 bits per heavy atom. The van der Waals surface area contributed by atoms with E-state index in [1.54, 1.807) is 0 Å². The first-order valence-corrected chi connectivity index (χ1v) is 8.77. The summed E-state index contributed by atoms with van der Waals surface area (Å²) in [7, 11) is 2.24. The van der Waals surface area contributed by atoms with Crippen molar-refractivity contribution in [2.75, 3.05) is 13.6 Å². The first-order valence-electron chi connectivity index (χ1n) is 8.77. The molecule has 1 atom stereocenters. The molecule has 2 aromatic carbocycles. The summed E-state index contributed by atoms with van der Waals surface area (Å²) in [4.78, 5) is 5.90. The van der Waals surface area contributed by atoms with E-state index >= 15 is 0 Å². The highest BCUT2D eigenvalue weighted by atomic mass is 16.5. The van der Waals surface area contributed by atoms with Crippen LogP contribution < -0.4 is 4.74 Å². The molecule has 1 aromatic heterocycles. The van der Waals surface area contributed by atoms with E-state index in [0.717, 1.165) is 17.7 Å². The smallest absolute Gasteiger partial charge is 0.129 e. The van der Waals surface area contributed by atoms with Gasteiger partial charge in [-0.3, -0.25) is 0 Å². The van der Waals surface area contributed by atoms with Crippen molar-refractivity contribution in [2.45, 2.75) is 31.9 Å². The van der Waals surface area contributed by atoms with Gasteiger partial charge in [-0.1, -0.05) is 36.4 Å². The van der Waals surface area contributed by atoms with E-state index in [0.29, 0.717) is 12.6 Å². The Hall–Kier alpha value is -2.26. The lowest BCUT2D eigenvalue weighted by Gasteiger charge is -2.19. The van der Waals surface area contributed by atoms with Gasteiger partial charge in [0.05, 0.1) is 0 Å². The number of nitrogens with one attached hydrogen (secondary N) is 1. The molecule has 124 valence electrons. The summed E-state index contributed by atoms with van der Waals surface area (Å²) in [5.74, 6) is 0.980. The number of benzene rings is 2. The molecule has 1 aliphatic heterocycles. The number of aromatic amines is 1. The van der Waals surface area contributed by atoms with E-state index < -0.39 is 0 Å². The van der Waals surface area contributed by atoms with Gasteiger partial charge in [-0.2, -0.15) is 0 Å². The molecular weight excluding hydrogens is 296 g/mol. The Kier molecular flexibility index (Phi) is 4.26. The van der Waals surface area contributed by atoms with E-state index in [-0.39, 0.29) is 0 Å². The lowest BCUT2D eigenvalue weighted by molar-refractivity contribution is 0.306. The third kappa shape index (κ3) is 3.04. The van der Waals surface area contributed by atoms with Gasteiger partial charge in [-0.05, 0) is 56.1 Å². The fraction of sp³-hybridized carbons (Fsp3) is 0.333. The summed E-state index contributed by atoms with van der Waals surface area (Å²) < 4.78 is 6.16. The average molecular weight is 320 g/mol. The molecule has 0 bridgehead atoms. The SMILES string of the molecule is CN1CCC[C@H]1Cc1c[nH]c2cccc(OCc3ccccc3)c12. The van der Waals surface area contributed by atoms with Gasteiger partial charge in [0.2, 0.25) is 0 Å². The molecule has 3 heteroatoms. The molecule has 3 aromatic rings. The van der Waals surface area contributed by atoms with E-state index in [1.807, 2.05) is 6.07 Å². The van der Waals surface area contributed by atoms with Gasteiger partial charge < -0.3 is 14.6 Å². The predicted octanol–water partition coefficient (Wildman–Crippen LogP) is 4.38. The molecule has 0 radical (unpaired) electrons. The van der Waals surface area contributed by atoms with Crippen LogP contribution in [-0.4, -0.2) is 29.5 Å². The van der Waals surface area contributed by atoms with Crippen LogP contribution in [0.5, 0.6) is 5.75 Å². The number of hydrogen-bond acceptors (Lipinski definition) is 2. The quantitative estimate of drug-likeness (QED) is 0.755. The Labute approximate surface area is 143 Å². The van der Waals surface area contributed by atoms with Crippen LogP contribution >= 0.6 is 0 Å². The maximum Gasteiger partial charge on any atom is 0.129 e. The summed E-state index contributed by atoms with van der Waals surface area (Å²) in [5.41, 5.74) is 3.73. The lowest BCUT2D eigenvalue weighted by Crippen LogP contribution is -2.26. The molecule has 1 aliphatic rings. The first kappa shape index (κ1) is 15.3. The van der Waals surface area contributed by atoms with E-state index in [4.69, 9.17) is 4.74 Å². The van der Waals surface area contributed by atoms with Crippen LogP contribution in [0.25, 0.3) is 10.9 Å². The van der Waals surface area contributed by atoms with Crippen molar-refractivity contribution < 1.29 is 4.74 Å². The highest BCUT2D eigenvalue weighted by Crippen LogP contribution is 2.32. The van der Waals surface area contributed by atoms with Crippen LogP contribution in [-0.2, 0) is 13.0 Å². The van der Waals surface area contributed by atoms with Gasteiger partial charge >= 0.3 is 0 Å². The first-order chi connectivity index (χ1) is 11.8. The monoisotopic (exact) mass is 320 g/mol. The van der Waals surface area contributed by atoms with E-state index in [9.17, 15) is 0 Å². The summed E-state index contributed by atoms with van der Waals surface area (Å²) >= 11 is 0. The zero-order valence-corrected chi connectivity index (χ0v) is 14.2.